The summed E-state index contributed by atoms with van der Waals surface area (Å²) < 4.78 is 38.9. The molecule has 13 heteroatoms. The molecule has 0 atom stereocenters. The third-order valence-corrected chi connectivity index (χ3v) is 6.93. The summed E-state index contributed by atoms with van der Waals surface area (Å²) in [6.07, 6.45) is 2.36. The molecule has 2 aliphatic rings. The minimum Gasteiger partial charge on any atom is -0.490 e. The lowest BCUT2D eigenvalue weighted by atomic mass is 10.1. The maximum absolute atomic E-state index is 12.5. The summed E-state index contributed by atoms with van der Waals surface area (Å²) in [5.41, 5.74) is 0.342. The van der Waals surface area contributed by atoms with Crippen molar-refractivity contribution in [1.29, 1.82) is 5.41 Å². The highest BCUT2D eigenvalue weighted by atomic mass is 32.2. The van der Waals surface area contributed by atoms with E-state index in [1.807, 2.05) is 0 Å². The van der Waals surface area contributed by atoms with Crippen molar-refractivity contribution < 1.29 is 27.5 Å². The van der Waals surface area contributed by atoms with Crippen molar-refractivity contribution >= 4 is 67.2 Å². The highest BCUT2D eigenvalue weighted by Gasteiger charge is 2.41. The average molecular weight is 505 g/mol. The highest BCUT2D eigenvalue weighted by Crippen LogP contribution is 2.33. The van der Waals surface area contributed by atoms with Crippen LogP contribution in [0.25, 0.3) is 6.08 Å². The second-order valence-corrected chi connectivity index (χ2v) is 10.3. The summed E-state index contributed by atoms with van der Waals surface area (Å²) in [6, 6.07) is 8.03. The molecule has 0 saturated heterocycles. The van der Waals surface area contributed by atoms with E-state index in [1.165, 1.54) is 23.5 Å². The lowest BCUT2D eigenvalue weighted by Crippen LogP contribution is -2.45. The highest BCUT2D eigenvalue weighted by molar-refractivity contribution is 8.16. The molecule has 33 heavy (non-hydrogen) atoms. The maximum Gasteiger partial charge on any atom is 0.353 e. The zero-order valence-corrected chi connectivity index (χ0v) is 19.7. The molecule has 0 unspecified atom stereocenters. The molecule has 0 saturated carbocycles. The predicted molar refractivity (Wildman–Crippen MR) is 127 cm³/mol. The third-order valence-electron chi connectivity index (χ3n) is 4.33. The molecule has 4 rings (SSSR count). The number of sulfone groups is 1. The van der Waals surface area contributed by atoms with Crippen molar-refractivity contribution in [2.75, 3.05) is 12.9 Å². The van der Waals surface area contributed by atoms with E-state index in [4.69, 9.17) is 14.9 Å². The number of thiophene rings is 1. The van der Waals surface area contributed by atoms with Gasteiger partial charge in [-0.2, -0.15) is 9.39 Å². The van der Waals surface area contributed by atoms with Crippen LogP contribution in [0, 0.1) is 5.41 Å². The number of rotatable bonds is 5. The van der Waals surface area contributed by atoms with E-state index >= 15 is 0 Å². The number of amides is 1. The van der Waals surface area contributed by atoms with Gasteiger partial charge >= 0.3 is 5.97 Å². The Bertz CT molecular complexity index is 1360. The predicted octanol–water partition coefficient (Wildman–Crippen LogP) is 2.99. The van der Waals surface area contributed by atoms with Crippen LogP contribution in [0.2, 0.25) is 0 Å². The number of benzene rings is 1. The van der Waals surface area contributed by atoms with Gasteiger partial charge in [0, 0.05) is 6.26 Å². The molecule has 1 aromatic carbocycles. The van der Waals surface area contributed by atoms with Gasteiger partial charge in [0.1, 0.15) is 10.7 Å². The lowest BCUT2D eigenvalue weighted by molar-refractivity contribution is -0.114. The number of ether oxygens (including phenoxy) is 2. The number of fused-ring (bicyclic) bond motifs is 1. The lowest BCUT2D eigenvalue weighted by Gasteiger charge is -2.23. The van der Waals surface area contributed by atoms with Gasteiger partial charge in [0.2, 0.25) is 20.2 Å². The van der Waals surface area contributed by atoms with Crippen LogP contribution in [-0.4, -0.2) is 54.2 Å². The monoisotopic (exact) mass is 504 g/mol. The normalized spacial score (nSPS) is 17.0. The quantitative estimate of drug-likeness (QED) is 0.284. The number of hydrogen-bond donors (Lipinski definition) is 1. The first kappa shape index (κ1) is 22.9. The Hall–Kier alpha value is -3.29. The fourth-order valence-corrected chi connectivity index (χ4v) is 5.36. The smallest absolute Gasteiger partial charge is 0.353 e. The largest absolute Gasteiger partial charge is 0.490 e. The van der Waals surface area contributed by atoms with Crippen LogP contribution in [0.5, 0.6) is 11.5 Å². The van der Waals surface area contributed by atoms with Gasteiger partial charge in [0.15, 0.2) is 11.5 Å². The average Bonchev–Trinajstić information content (AvgIpc) is 3.43. The molecule has 0 aliphatic carbocycles. The Labute approximate surface area is 197 Å². The van der Waals surface area contributed by atoms with Gasteiger partial charge in [-0.05, 0) is 42.1 Å². The van der Waals surface area contributed by atoms with Crippen LogP contribution in [0.4, 0.5) is 0 Å². The molecule has 2 aromatic rings. The summed E-state index contributed by atoms with van der Waals surface area (Å²) in [6.45, 7) is 2.06. The van der Waals surface area contributed by atoms with Crippen molar-refractivity contribution in [3.8, 4) is 11.5 Å². The van der Waals surface area contributed by atoms with Gasteiger partial charge in [-0.3, -0.25) is 10.2 Å². The fourth-order valence-electron chi connectivity index (χ4n) is 2.92. The molecule has 3 heterocycles. The summed E-state index contributed by atoms with van der Waals surface area (Å²) in [5, 5.41) is 9.82. The number of nitrogens with one attached hydrogen (secondary N) is 1. The van der Waals surface area contributed by atoms with Gasteiger partial charge in [0.25, 0.3) is 5.91 Å². The Morgan fingerprint density at radius 1 is 1.27 bits per heavy atom. The van der Waals surface area contributed by atoms with E-state index in [0.717, 1.165) is 23.1 Å². The van der Waals surface area contributed by atoms with Crippen LogP contribution in [-0.2, 0) is 14.6 Å². The molecule has 0 fully saturated rings. The number of hydrogen-bond acceptors (Lipinski definition) is 10. The Morgan fingerprint density at radius 3 is 2.73 bits per heavy atom. The summed E-state index contributed by atoms with van der Waals surface area (Å²) >= 11 is 1.97. The topological polar surface area (TPSA) is 139 Å². The van der Waals surface area contributed by atoms with E-state index in [2.05, 4.69) is 9.39 Å². The number of esters is 1. The molecule has 1 amide bonds. The molecule has 2 aliphatic heterocycles. The van der Waals surface area contributed by atoms with Crippen molar-refractivity contribution in [2.24, 2.45) is 9.39 Å². The van der Waals surface area contributed by atoms with Crippen molar-refractivity contribution in [2.45, 2.75) is 6.92 Å². The zero-order chi connectivity index (χ0) is 23.8. The second kappa shape index (κ2) is 8.92. The van der Waals surface area contributed by atoms with Gasteiger partial charge < -0.3 is 9.47 Å². The fraction of sp³-hybridized carbons (Fsp3) is 0.150. The molecule has 10 nitrogen and oxygen atoms in total. The van der Waals surface area contributed by atoms with Crippen LogP contribution < -0.4 is 9.47 Å². The number of aliphatic imine (C=N–C) groups is 1. The minimum absolute atomic E-state index is 0.00779. The third kappa shape index (κ3) is 4.60. The molecule has 1 N–H and O–H groups in total. The molecule has 1 aromatic heterocycles. The van der Waals surface area contributed by atoms with Crippen LogP contribution in [0.15, 0.2) is 50.7 Å². The standard InChI is InChI=1S/C20H16N4O6S3/c1-3-29-14-10-11(6-7-13(14)30-18(26)15-5-4-8-31-15)9-12-16(21)24-19(22-17(12)25)32-23-20(24)33(2,27)28/h4-10,21H,3H2,1-2H3/b12-9-,21-16?. The zero-order valence-electron chi connectivity index (χ0n) is 17.3. The van der Waals surface area contributed by atoms with Gasteiger partial charge in [-0.1, -0.05) is 12.1 Å². The molecule has 170 valence electrons. The number of amidine groups is 3. The Balaban J connectivity index is 1.66. The van der Waals surface area contributed by atoms with Gasteiger partial charge in [0.05, 0.1) is 24.1 Å². The van der Waals surface area contributed by atoms with Crippen molar-refractivity contribution in [3.05, 3.63) is 51.7 Å². The van der Waals surface area contributed by atoms with Crippen molar-refractivity contribution in [1.82, 2.24) is 4.90 Å². The van der Waals surface area contributed by atoms with Crippen LogP contribution in [0.1, 0.15) is 22.2 Å². The molecule has 0 bridgehead atoms. The van der Waals surface area contributed by atoms with Crippen LogP contribution >= 0.6 is 23.3 Å². The number of carbonyl (C=O) groups excluding carboxylic acids is 2. The Kier molecular flexibility index (Phi) is 6.19. The van der Waals surface area contributed by atoms with E-state index in [1.54, 1.807) is 36.6 Å². The number of carbonyl (C=O) groups is 2. The van der Waals surface area contributed by atoms with E-state index < -0.39 is 21.7 Å². The second-order valence-electron chi connectivity index (χ2n) is 6.68. The summed E-state index contributed by atoms with van der Waals surface area (Å²) in [5.74, 6) is -1.11. The first-order valence-corrected chi connectivity index (χ1v) is 12.9. The van der Waals surface area contributed by atoms with E-state index in [0.29, 0.717) is 17.0 Å². The van der Waals surface area contributed by atoms with E-state index in [9.17, 15) is 18.0 Å². The van der Waals surface area contributed by atoms with Gasteiger partial charge in [-0.25, -0.2) is 18.1 Å². The molecular weight excluding hydrogens is 488 g/mol. The maximum atomic E-state index is 12.5. The minimum atomic E-state index is -3.74. The first-order valence-electron chi connectivity index (χ1n) is 9.40. The Morgan fingerprint density at radius 2 is 2.06 bits per heavy atom. The SMILES string of the molecule is CCOc1cc(/C=C2/C(=N)N3C(=NC2=O)SN=C3S(C)(=O)=O)ccc1OC(=O)c1cccs1. The van der Waals surface area contributed by atoms with Crippen LogP contribution in [0.3, 0.4) is 0 Å². The van der Waals surface area contributed by atoms with Crippen molar-refractivity contribution in [3.63, 3.8) is 0 Å². The molecule has 0 radical (unpaired) electrons. The van der Waals surface area contributed by atoms with E-state index in [-0.39, 0.29) is 33.2 Å². The molecule has 0 spiro atoms. The summed E-state index contributed by atoms with van der Waals surface area (Å²) in [7, 11) is -3.74. The molecular formula is C20H16N4O6S3. The summed E-state index contributed by atoms with van der Waals surface area (Å²) in [4.78, 5) is 30.1. The first-order chi connectivity index (χ1) is 15.7. The van der Waals surface area contributed by atoms with Gasteiger partial charge in [-0.15, -0.1) is 11.3 Å². The number of nitrogens with zero attached hydrogens (tertiary/aromatic N) is 3.